The Morgan fingerprint density at radius 1 is 1.12 bits per heavy atom. The van der Waals surface area contributed by atoms with Crippen LogP contribution in [0.5, 0.6) is 0 Å². The van der Waals surface area contributed by atoms with Crippen molar-refractivity contribution < 1.29 is 4.74 Å². The third-order valence-corrected chi connectivity index (χ3v) is 6.38. The molecule has 1 aliphatic heterocycles. The molecule has 0 saturated carbocycles. The van der Waals surface area contributed by atoms with E-state index >= 15 is 0 Å². The van der Waals surface area contributed by atoms with Crippen LogP contribution in [0, 0.1) is 6.92 Å². The Kier molecular flexibility index (Phi) is 8.10. The summed E-state index contributed by atoms with van der Waals surface area (Å²) in [7, 11) is 0. The van der Waals surface area contributed by atoms with E-state index in [1.165, 1.54) is 0 Å². The van der Waals surface area contributed by atoms with Gasteiger partial charge in [0.15, 0.2) is 5.11 Å². The number of hydrogen-bond donors (Lipinski definition) is 2. The lowest BCUT2D eigenvalue weighted by atomic mass is 10.1. The van der Waals surface area contributed by atoms with Gasteiger partial charge in [0.25, 0.3) is 5.56 Å². The third-order valence-electron chi connectivity index (χ3n) is 5.97. The van der Waals surface area contributed by atoms with Crippen LogP contribution in [-0.4, -0.2) is 59.3 Å². The van der Waals surface area contributed by atoms with Crippen LogP contribution in [0.4, 0.5) is 0 Å². The van der Waals surface area contributed by atoms with Gasteiger partial charge in [0.1, 0.15) is 0 Å². The van der Waals surface area contributed by atoms with Crippen molar-refractivity contribution in [3.05, 3.63) is 81.6 Å². The Morgan fingerprint density at radius 2 is 1.91 bits per heavy atom. The van der Waals surface area contributed by atoms with Crippen molar-refractivity contribution in [3.8, 4) is 0 Å². The molecule has 0 radical (unpaired) electrons. The van der Waals surface area contributed by atoms with E-state index in [-0.39, 0.29) is 5.56 Å². The zero-order valence-electron chi connectivity index (χ0n) is 19.2. The topological polar surface area (TPSA) is 60.6 Å². The zero-order valence-corrected chi connectivity index (χ0v) is 20.0. The van der Waals surface area contributed by atoms with Gasteiger partial charge in [-0.3, -0.25) is 9.69 Å². The molecule has 0 atom stereocenters. The molecule has 1 aliphatic rings. The van der Waals surface area contributed by atoms with Crippen LogP contribution in [0.1, 0.15) is 23.1 Å². The minimum atomic E-state index is -0.0683. The summed E-state index contributed by atoms with van der Waals surface area (Å²) >= 11 is 5.77. The fraction of sp³-hybridized carbons (Fsp3) is 0.385. The van der Waals surface area contributed by atoms with Crippen LogP contribution in [0.25, 0.3) is 10.9 Å². The number of pyridine rings is 1. The lowest BCUT2D eigenvalue weighted by Crippen LogP contribution is -2.42. The number of H-pyrrole nitrogens is 1. The van der Waals surface area contributed by atoms with Gasteiger partial charge in [0.2, 0.25) is 0 Å². The molecule has 1 saturated heterocycles. The maximum Gasteiger partial charge on any atom is 0.253 e. The van der Waals surface area contributed by atoms with E-state index in [1.807, 2.05) is 43.3 Å². The molecule has 174 valence electrons. The first kappa shape index (κ1) is 23.4. The molecule has 0 aliphatic carbocycles. The number of aromatic nitrogens is 1. The largest absolute Gasteiger partial charge is 0.379 e. The lowest BCUT2D eigenvalue weighted by molar-refractivity contribution is 0.0376. The molecular formula is C26H32N4O2S. The average molecular weight is 465 g/mol. The number of benzene rings is 2. The highest BCUT2D eigenvalue weighted by atomic mass is 32.1. The molecule has 0 unspecified atom stereocenters. The molecular weight excluding hydrogens is 432 g/mol. The van der Waals surface area contributed by atoms with Crippen molar-refractivity contribution >= 4 is 28.2 Å². The van der Waals surface area contributed by atoms with Crippen molar-refractivity contribution in [1.29, 1.82) is 0 Å². The molecule has 6 nitrogen and oxygen atoms in total. The highest BCUT2D eigenvalue weighted by Gasteiger charge is 2.15. The quantitative estimate of drug-likeness (QED) is 0.393. The fourth-order valence-electron chi connectivity index (χ4n) is 4.12. The molecule has 0 spiro atoms. The van der Waals surface area contributed by atoms with Gasteiger partial charge in [0, 0.05) is 37.3 Å². The van der Waals surface area contributed by atoms with Crippen molar-refractivity contribution in [2.75, 3.05) is 39.4 Å². The zero-order chi connectivity index (χ0) is 23.0. The average Bonchev–Trinajstić information content (AvgIpc) is 2.83. The number of aromatic amines is 1. The summed E-state index contributed by atoms with van der Waals surface area (Å²) in [6.45, 7) is 8.56. The minimum Gasteiger partial charge on any atom is -0.379 e. The van der Waals surface area contributed by atoms with Crippen LogP contribution in [-0.2, 0) is 17.8 Å². The molecule has 0 bridgehead atoms. The number of nitrogens with one attached hydrogen (secondary N) is 2. The number of thiocarbonyl (C=S) groups is 1. The Balaban J connectivity index is 1.44. The van der Waals surface area contributed by atoms with Gasteiger partial charge in [-0.2, -0.15) is 0 Å². The van der Waals surface area contributed by atoms with Gasteiger partial charge in [-0.05, 0) is 60.8 Å². The molecule has 2 heterocycles. The first-order valence-electron chi connectivity index (χ1n) is 11.6. The van der Waals surface area contributed by atoms with Crippen molar-refractivity contribution in [2.24, 2.45) is 0 Å². The predicted molar refractivity (Wildman–Crippen MR) is 137 cm³/mol. The van der Waals surface area contributed by atoms with Crippen LogP contribution >= 0.6 is 12.2 Å². The molecule has 4 rings (SSSR count). The highest BCUT2D eigenvalue weighted by Crippen LogP contribution is 2.15. The SMILES string of the molecule is Cc1ccc2cc(CN(Cc3ccccc3)C(=S)NCCCN3CCOCC3)c(=O)[nH]c2c1. The third kappa shape index (κ3) is 6.63. The second kappa shape index (κ2) is 11.4. The standard InChI is InChI=1S/C26H32N4O2S/c1-20-8-9-22-17-23(25(31)28-24(22)16-20)19-30(18-21-6-3-2-4-7-21)26(33)27-10-5-11-29-12-14-32-15-13-29/h2-4,6-9,16-17H,5,10-15,18-19H2,1H3,(H,27,33)(H,28,31). The summed E-state index contributed by atoms with van der Waals surface area (Å²) in [4.78, 5) is 20.4. The normalized spacial score (nSPS) is 14.3. The number of morpholine rings is 1. The summed E-state index contributed by atoms with van der Waals surface area (Å²) in [5, 5.41) is 5.11. The van der Waals surface area contributed by atoms with E-state index < -0.39 is 0 Å². The summed E-state index contributed by atoms with van der Waals surface area (Å²) in [5.41, 5.74) is 3.78. The molecule has 1 aromatic heterocycles. The maximum atomic E-state index is 12.8. The van der Waals surface area contributed by atoms with E-state index in [0.29, 0.717) is 23.8 Å². The molecule has 2 aromatic carbocycles. The number of rotatable bonds is 8. The number of ether oxygens (including phenoxy) is 1. The van der Waals surface area contributed by atoms with E-state index in [9.17, 15) is 4.79 Å². The van der Waals surface area contributed by atoms with E-state index in [1.54, 1.807) is 0 Å². The second-order valence-electron chi connectivity index (χ2n) is 8.60. The molecule has 2 N–H and O–H groups in total. The molecule has 0 amide bonds. The Labute approximate surface area is 200 Å². The van der Waals surface area contributed by atoms with Gasteiger partial charge < -0.3 is 19.9 Å². The summed E-state index contributed by atoms with van der Waals surface area (Å²) < 4.78 is 5.42. The summed E-state index contributed by atoms with van der Waals surface area (Å²) in [6.07, 6.45) is 1.01. The summed E-state index contributed by atoms with van der Waals surface area (Å²) in [5.74, 6) is 0. The Hall–Kier alpha value is -2.74. The van der Waals surface area contributed by atoms with E-state index in [4.69, 9.17) is 17.0 Å². The molecule has 1 fully saturated rings. The first-order valence-corrected chi connectivity index (χ1v) is 12.0. The Bertz CT molecular complexity index is 1130. The monoisotopic (exact) mass is 464 g/mol. The van der Waals surface area contributed by atoms with Gasteiger partial charge in [0.05, 0.1) is 19.8 Å². The second-order valence-corrected chi connectivity index (χ2v) is 8.98. The van der Waals surface area contributed by atoms with Crippen LogP contribution in [0.2, 0.25) is 0 Å². The Morgan fingerprint density at radius 3 is 2.70 bits per heavy atom. The summed E-state index contributed by atoms with van der Waals surface area (Å²) in [6, 6.07) is 18.3. The van der Waals surface area contributed by atoms with Crippen LogP contribution in [0.3, 0.4) is 0 Å². The number of fused-ring (bicyclic) bond motifs is 1. The first-order chi connectivity index (χ1) is 16.1. The molecule has 7 heteroatoms. The van der Waals surface area contributed by atoms with Gasteiger partial charge in [-0.25, -0.2) is 0 Å². The van der Waals surface area contributed by atoms with Crippen molar-refractivity contribution in [2.45, 2.75) is 26.4 Å². The van der Waals surface area contributed by atoms with E-state index in [2.05, 4.69) is 38.3 Å². The number of aryl methyl sites for hydroxylation is 1. The fourth-order valence-corrected chi connectivity index (χ4v) is 4.35. The van der Waals surface area contributed by atoms with Crippen molar-refractivity contribution in [3.63, 3.8) is 0 Å². The smallest absolute Gasteiger partial charge is 0.253 e. The molecule has 3 aromatic rings. The van der Waals surface area contributed by atoms with Gasteiger partial charge in [-0.1, -0.05) is 42.5 Å². The molecule has 33 heavy (non-hydrogen) atoms. The van der Waals surface area contributed by atoms with Crippen LogP contribution < -0.4 is 10.9 Å². The number of nitrogens with zero attached hydrogens (tertiary/aromatic N) is 2. The van der Waals surface area contributed by atoms with Crippen molar-refractivity contribution in [1.82, 2.24) is 20.1 Å². The van der Waals surface area contributed by atoms with Crippen LogP contribution in [0.15, 0.2) is 59.4 Å². The maximum absolute atomic E-state index is 12.8. The minimum absolute atomic E-state index is 0.0683. The van der Waals surface area contributed by atoms with Gasteiger partial charge in [-0.15, -0.1) is 0 Å². The number of hydrogen-bond acceptors (Lipinski definition) is 4. The predicted octanol–water partition coefficient (Wildman–Crippen LogP) is 3.44. The van der Waals surface area contributed by atoms with Gasteiger partial charge >= 0.3 is 0 Å². The lowest BCUT2D eigenvalue weighted by Gasteiger charge is -2.28. The highest BCUT2D eigenvalue weighted by molar-refractivity contribution is 7.80. The van der Waals surface area contributed by atoms with E-state index in [0.717, 1.165) is 67.8 Å².